The fraction of sp³-hybridized carbons (Fsp3) is 0.160. The van der Waals surface area contributed by atoms with E-state index >= 15 is 0 Å². The van der Waals surface area contributed by atoms with Gasteiger partial charge in [0.1, 0.15) is 6.04 Å². The van der Waals surface area contributed by atoms with Crippen molar-refractivity contribution in [1.82, 2.24) is 14.9 Å². The van der Waals surface area contributed by atoms with E-state index in [-0.39, 0.29) is 18.2 Å². The molecule has 1 aliphatic rings. The summed E-state index contributed by atoms with van der Waals surface area (Å²) in [5.74, 6) is 0.329. The number of hydrogen-bond donors (Lipinski definition) is 1. The molecule has 4 aromatic rings. The lowest BCUT2D eigenvalue weighted by Gasteiger charge is -2.16. The molecule has 0 radical (unpaired) electrons. The molecule has 2 heterocycles. The van der Waals surface area contributed by atoms with E-state index in [1.54, 1.807) is 4.90 Å². The predicted molar refractivity (Wildman–Crippen MR) is 119 cm³/mol. The Bertz CT molecular complexity index is 1230. The SMILES string of the molecule is O=C(C[C@H]1C(=O)N(Cc2ccccc2)c2nc3ccccc3n21)NCc1ccccc1. The van der Waals surface area contributed by atoms with Crippen LogP contribution in [0.25, 0.3) is 11.0 Å². The third-order valence-electron chi connectivity index (χ3n) is 5.58. The fourth-order valence-electron chi connectivity index (χ4n) is 4.06. The van der Waals surface area contributed by atoms with Crippen molar-refractivity contribution in [2.45, 2.75) is 25.6 Å². The number of carbonyl (C=O) groups is 2. The van der Waals surface area contributed by atoms with Crippen molar-refractivity contribution >= 4 is 28.8 Å². The zero-order valence-electron chi connectivity index (χ0n) is 16.9. The number of nitrogens with zero attached hydrogens (tertiary/aromatic N) is 3. The molecule has 0 spiro atoms. The maximum Gasteiger partial charge on any atom is 0.253 e. The number of imidazole rings is 1. The summed E-state index contributed by atoms with van der Waals surface area (Å²) in [6.45, 7) is 0.858. The number of nitrogens with one attached hydrogen (secondary N) is 1. The van der Waals surface area contributed by atoms with Crippen molar-refractivity contribution in [2.24, 2.45) is 0 Å². The van der Waals surface area contributed by atoms with Crippen LogP contribution < -0.4 is 10.2 Å². The second-order valence-corrected chi connectivity index (χ2v) is 7.66. The zero-order chi connectivity index (χ0) is 21.2. The molecule has 31 heavy (non-hydrogen) atoms. The second-order valence-electron chi connectivity index (χ2n) is 7.66. The van der Waals surface area contributed by atoms with Crippen molar-refractivity contribution in [3.8, 4) is 0 Å². The molecule has 5 rings (SSSR count). The van der Waals surface area contributed by atoms with Crippen LogP contribution in [0.4, 0.5) is 5.95 Å². The number of amides is 2. The number of rotatable bonds is 6. The highest BCUT2D eigenvalue weighted by atomic mass is 16.2. The van der Waals surface area contributed by atoms with Crippen molar-refractivity contribution in [2.75, 3.05) is 4.90 Å². The molecular formula is C25H22N4O2. The summed E-state index contributed by atoms with van der Waals surface area (Å²) in [7, 11) is 0. The third kappa shape index (κ3) is 3.68. The molecule has 0 unspecified atom stereocenters. The number of fused-ring (bicyclic) bond motifs is 3. The molecule has 0 aliphatic carbocycles. The minimum absolute atomic E-state index is 0.0737. The summed E-state index contributed by atoms with van der Waals surface area (Å²) >= 11 is 0. The van der Waals surface area contributed by atoms with Gasteiger partial charge in [-0.05, 0) is 23.3 Å². The Morgan fingerprint density at radius 3 is 2.26 bits per heavy atom. The van der Waals surface area contributed by atoms with E-state index < -0.39 is 6.04 Å². The average molecular weight is 410 g/mol. The standard InChI is InChI=1S/C25H22N4O2/c30-23(26-16-18-9-3-1-4-10-18)15-22-24(31)28(17-19-11-5-2-6-12-19)25-27-20-13-7-8-14-21(20)29(22)25/h1-14,22H,15-17H2,(H,26,30)/t22-/m0/s1. The molecule has 0 saturated carbocycles. The van der Waals surface area contributed by atoms with Gasteiger partial charge < -0.3 is 5.32 Å². The summed E-state index contributed by atoms with van der Waals surface area (Å²) in [5, 5.41) is 2.94. The molecule has 1 aliphatic heterocycles. The second kappa shape index (κ2) is 8.07. The Labute approximate surface area is 180 Å². The van der Waals surface area contributed by atoms with Gasteiger partial charge in [-0.1, -0.05) is 72.8 Å². The third-order valence-corrected chi connectivity index (χ3v) is 5.58. The van der Waals surface area contributed by atoms with Crippen LogP contribution in [0, 0.1) is 0 Å². The normalized spacial score (nSPS) is 15.3. The lowest BCUT2D eigenvalue weighted by molar-refractivity contribution is -0.127. The first-order chi connectivity index (χ1) is 15.2. The molecule has 1 aromatic heterocycles. The molecule has 1 atom stereocenters. The monoisotopic (exact) mass is 410 g/mol. The van der Waals surface area contributed by atoms with E-state index in [1.807, 2.05) is 89.5 Å². The van der Waals surface area contributed by atoms with Crippen molar-refractivity contribution in [3.63, 3.8) is 0 Å². The first-order valence-electron chi connectivity index (χ1n) is 10.3. The lowest BCUT2D eigenvalue weighted by Crippen LogP contribution is -2.32. The van der Waals surface area contributed by atoms with Crippen molar-refractivity contribution in [3.05, 3.63) is 96.1 Å². The van der Waals surface area contributed by atoms with Gasteiger partial charge in [-0.25, -0.2) is 4.98 Å². The van der Waals surface area contributed by atoms with Crippen LogP contribution in [0.3, 0.4) is 0 Å². The van der Waals surface area contributed by atoms with E-state index in [9.17, 15) is 9.59 Å². The van der Waals surface area contributed by atoms with Gasteiger partial charge in [0, 0.05) is 6.54 Å². The highest BCUT2D eigenvalue weighted by Gasteiger charge is 2.40. The van der Waals surface area contributed by atoms with Crippen LogP contribution in [-0.2, 0) is 22.7 Å². The van der Waals surface area contributed by atoms with Crippen molar-refractivity contribution < 1.29 is 9.59 Å². The molecular weight excluding hydrogens is 388 g/mol. The first-order valence-corrected chi connectivity index (χ1v) is 10.3. The highest BCUT2D eigenvalue weighted by molar-refractivity contribution is 6.03. The Kier molecular flexibility index (Phi) is 4.96. The smallest absolute Gasteiger partial charge is 0.253 e. The summed E-state index contributed by atoms with van der Waals surface area (Å²) < 4.78 is 1.91. The molecule has 0 bridgehead atoms. The average Bonchev–Trinajstić information content (AvgIpc) is 3.30. The lowest BCUT2D eigenvalue weighted by atomic mass is 10.1. The maximum atomic E-state index is 13.4. The summed E-state index contributed by atoms with van der Waals surface area (Å²) in [4.78, 5) is 32.5. The Hall–Kier alpha value is -3.93. The van der Waals surface area contributed by atoms with Gasteiger partial charge in [0.05, 0.1) is 24.0 Å². The summed E-state index contributed by atoms with van der Waals surface area (Å²) in [6, 6.07) is 26.7. The predicted octanol–water partition coefficient (Wildman–Crippen LogP) is 3.83. The fourth-order valence-corrected chi connectivity index (χ4v) is 4.06. The Balaban J connectivity index is 1.42. The minimum atomic E-state index is -0.609. The molecule has 2 amide bonds. The maximum absolute atomic E-state index is 13.4. The van der Waals surface area contributed by atoms with Crippen molar-refractivity contribution in [1.29, 1.82) is 0 Å². The van der Waals surface area contributed by atoms with Crippen LogP contribution in [0.15, 0.2) is 84.9 Å². The molecule has 6 heteroatoms. The zero-order valence-corrected chi connectivity index (χ0v) is 16.9. The van der Waals surface area contributed by atoms with Gasteiger partial charge in [-0.2, -0.15) is 0 Å². The molecule has 6 nitrogen and oxygen atoms in total. The van der Waals surface area contributed by atoms with Crippen LogP contribution in [0.2, 0.25) is 0 Å². The largest absolute Gasteiger partial charge is 0.352 e. The minimum Gasteiger partial charge on any atom is -0.352 e. The Morgan fingerprint density at radius 2 is 1.52 bits per heavy atom. The summed E-state index contributed by atoms with van der Waals surface area (Å²) in [5.41, 5.74) is 3.72. The molecule has 154 valence electrons. The summed E-state index contributed by atoms with van der Waals surface area (Å²) in [6.07, 6.45) is 0.0737. The van der Waals surface area contributed by atoms with Crippen LogP contribution in [0.1, 0.15) is 23.6 Å². The number of carbonyl (C=O) groups excluding carboxylic acids is 2. The van der Waals surface area contributed by atoms with Crippen LogP contribution in [0.5, 0.6) is 0 Å². The number of hydrogen-bond acceptors (Lipinski definition) is 3. The van der Waals surface area contributed by atoms with E-state index in [2.05, 4.69) is 5.32 Å². The molecule has 1 N–H and O–H groups in total. The van der Waals surface area contributed by atoms with E-state index in [4.69, 9.17) is 4.98 Å². The van der Waals surface area contributed by atoms with E-state index in [0.717, 1.165) is 22.2 Å². The molecule has 0 fully saturated rings. The Morgan fingerprint density at radius 1 is 0.871 bits per heavy atom. The van der Waals surface area contributed by atoms with Gasteiger partial charge in [-0.3, -0.25) is 19.1 Å². The van der Waals surface area contributed by atoms with Crippen LogP contribution >= 0.6 is 0 Å². The van der Waals surface area contributed by atoms with Gasteiger partial charge in [-0.15, -0.1) is 0 Å². The van der Waals surface area contributed by atoms with Crippen LogP contribution in [-0.4, -0.2) is 21.4 Å². The molecule has 0 saturated heterocycles. The number of benzene rings is 3. The van der Waals surface area contributed by atoms with Gasteiger partial charge in [0.25, 0.3) is 5.91 Å². The van der Waals surface area contributed by atoms with Gasteiger partial charge >= 0.3 is 0 Å². The quantitative estimate of drug-likeness (QED) is 0.525. The highest BCUT2D eigenvalue weighted by Crippen LogP contribution is 2.37. The first kappa shape index (κ1) is 19.1. The number of para-hydroxylation sites is 2. The number of aromatic nitrogens is 2. The number of anilines is 1. The topological polar surface area (TPSA) is 67.2 Å². The van der Waals surface area contributed by atoms with Gasteiger partial charge in [0.15, 0.2) is 0 Å². The van der Waals surface area contributed by atoms with Gasteiger partial charge in [0.2, 0.25) is 11.9 Å². The van der Waals surface area contributed by atoms with E-state index in [0.29, 0.717) is 19.0 Å². The van der Waals surface area contributed by atoms with E-state index in [1.165, 1.54) is 0 Å². The molecule has 3 aromatic carbocycles.